The van der Waals surface area contributed by atoms with Crippen LogP contribution in [0.15, 0.2) is 35.1 Å². The summed E-state index contributed by atoms with van der Waals surface area (Å²) in [6.07, 6.45) is 2.98. The van der Waals surface area contributed by atoms with Crippen LogP contribution in [0.3, 0.4) is 0 Å². The number of rotatable bonds is 4. The Morgan fingerprint density at radius 2 is 1.88 bits per heavy atom. The average Bonchev–Trinajstić information content (AvgIpc) is 3.30. The van der Waals surface area contributed by atoms with E-state index < -0.39 is 0 Å². The highest BCUT2D eigenvalue weighted by Gasteiger charge is 2.21. The molecule has 2 aromatic heterocycles. The summed E-state index contributed by atoms with van der Waals surface area (Å²) in [7, 11) is 1.62. The number of amides is 1. The molecule has 2 aliphatic rings. The molecule has 0 radical (unpaired) electrons. The molecule has 3 heterocycles. The van der Waals surface area contributed by atoms with Gasteiger partial charge < -0.3 is 15.2 Å². The number of fused-ring (bicyclic) bond motifs is 3. The number of nitrogens with zero attached hydrogens (tertiary/aromatic N) is 3. The first-order valence-corrected chi connectivity index (χ1v) is 11.4. The van der Waals surface area contributed by atoms with Gasteiger partial charge in [0.1, 0.15) is 5.69 Å². The van der Waals surface area contributed by atoms with Crippen molar-refractivity contribution in [2.45, 2.75) is 32.7 Å². The Morgan fingerprint density at radius 1 is 1.09 bits per heavy atom. The topological polar surface area (TPSA) is 81.3 Å². The number of piperazine rings is 1. The second-order valence-electron chi connectivity index (χ2n) is 8.79. The van der Waals surface area contributed by atoms with Crippen LogP contribution in [0.2, 0.25) is 0 Å². The minimum atomic E-state index is -0.161. The van der Waals surface area contributed by atoms with Gasteiger partial charge in [0.2, 0.25) is 0 Å². The average molecular weight is 432 g/mol. The van der Waals surface area contributed by atoms with E-state index in [4.69, 9.17) is 0 Å². The van der Waals surface area contributed by atoms with E-state index >= 15 is 0 Å². The Morgan fingerprint density at radius 3 is 2.62 bits per heavy atom. The quantitative estimate of drug-likeness (QED) is 0.663. The van der Waals surface area contributed by atoms with Crippen LogP contribution in [0.5, 0.6) is 0 Å². The number of aromatic amines is 1. The van der Waals surface area contributed by atoms with Gasteiger partial charge in [0, 0.05) is 56.2 Å². The Bertz CT molecular complexity index is 1240. The molecule has 3 aromatic rings. The van der Waals surface area contributed by atoms with E-state index in [1.54, 1.807) is 13.1 Å². The molecule has 1 saturated heterocycles. The third-order valence-corrected chi connectivity index (χ3v) is 6.79. The molecule has 0 saturated carbocycles. The maximum Gasteiger partial charge on any atom is 0.269 e. The number of aromatic nitrogens is 2. The van der Waals surface area contributed by atoms with Crippen LogP contribution in [-0.2, 0) is 19.4 Å². The van der Waals surface area contributed by atoms with E-state index in [9.17, 15) is 9.59 Å². The van der Waals surface area contributed by atoms with Gasteiger partial charge in [-0.15, -0.1) is 0 Å². The largest absolute Gasteiger partial charge is 0.368 e. The monoisotopic (exact) mass is 431 g/mol. The van der Waals surface area contributed by atoms with Gasteiger partial charge in [-0.25, -0.2) is 4.98 Å². The molecular formula is C25H29N5O2. The summed E-state index contributed by atoms with van der Waals surface area (Å²) in [5.74, 6) is -0.161. The molecule has 1 fully saturated rings. The molecule has 1 aliphatic heterocycles. The Balaban J connectivity index is 1.26. The highest BCUT2D eigenvalue weighted by molar-refractivity contribution is 5.92. The van der Waals surface area contributed by atoms with Gasteiger partial charge in [-0.05, 0) is 55.5 Å². The van der Waals surface area contributed by atoms with Crippen molar-refractivity contribution in [3.05, 3.63) is 68.8 Å². The lowest BCUT2D eigenvalue weighted by atomic mass is 10.0. The Kier molecular flexibility index (Phi) is 5.43. The number of hydrogen-bond donors (Lipinski definition) is 2. The SMILES string of the molecule is CNC(=O)c1ccc(N2CCN(Cc3ccc4c5c(c(=O)[nH]c4c3)CCC5)CC2)c(C)n1. The van der Waals surface area contributed by atoms with Crippen LogP contribution in [0.1, 0.15) is 39.3 Å². The van der Waals surface area contributed by atoms with Crippen LogP contribution in [-0.4, -0.2) is 54.0 Å². The zero-order chi connectivity index (χ0) is 22.2. The normalized spacial score (nSPS) is 16.4. The summed E-state index contributed by atoms with van der Waals surface area (Å²) in [6.45, 7) is 6.57. The number of H-pyrrole nitrogens is 1. The number of benzene rings is 1. The first-order chi connectivity index (χ1) is 15.5. The fraction of sp³-hybridized carbons (Fsp3) is 0.400. The second kappa shape index (κ2) is 8.39. The predicted molar refractivity (Wildman–Crippen MR) is 126 cm³/mol. The summed E-state index contributed by atoms with van der Waals surface area (Å²) in [6, 6.07) is 10.3. The Hall–Kier alpha value is -3.19. The molecule has 5 rings (SSSR count). The number of anilines is 1. The third kappa shape index (κ3) is 3.77. The first kappa shape index (κ1) is 20.7. The maximum absolute atomic E-state index is 12.4. The number of nitrogens with one attached hydrogen (secondary N) is 2. The van der Waals surface area contributed by atoms with E-state index in [0.29, 0.717) is 5.69 Å². The van der Waals surface area contributed by atoms with Crippen molar-refractivity contribution in [1.82, 2.24) is 20.2 Å². The van der Waals surface area contributed by atoms with Gasteiger partial charge in [-0.2, -0.15) is 0 Å². The molecule has 7 heteroatoms. The number of carbonyl (C=O) groups is 1. The highest BCUT2D eigenvalue weighted by atomic mass is 16.1. The number of hydrogen-bond acceptors (Lipinski definition) is 5. The number of carbonyl (C=O) groups excluding carboxylic acids is 1. The summed E-state index contributed by atoms with van der Waals surface area (Å²) in [4.78, 5) is 36.6. The van der Waals surface area contributed by atoms with Crippen molar-refractivity contribution in [3.8, 4) is 0 Å². The molecule has 0 bridgehead atoms. The molecule has 0 unspecified atom stereocenters. The zero-order valence-electron chi connectivity index (χ0n) is 18.7. The van der Waals surface area contributed by atoms with Gasteiger partial charge in [0.15, 0.2) is 0 Å². The predicted octanol–water partition coefficient (Wildman–Crippen LogP) is 2.40. The standard InChI is InChI=1S/C25H29N5O2/c1-16-23(9-8-21(27-16)25(32)26-2)30-12-10-29(11-13-30)15-17-6-7-19-18-4-3-5-20(18)24(31)28-22(19)14-17/h6-9,14H,3-5,10-13,15H2,1-2H3,(H,26,32)(H,28,31). The van der Waals surface area contributed by atoms with Gasteiger partial charge >= 0.3 is 0 Å². The van der Waals surface area contributed by atoms with Gasteiger partial charge in [-0.1, -0.05) is 12.1 Å². The van der Waals surface area contributed by atoms with Crippen LogP contribution >= 0.6 is 0 Å². The molecule has 7 nitrogen and oxygen atoms in total. The summed E-state index contributed by atoms with van der Waals surface area (Å²) in [5, 5.41) is 3.82. The van der Waals surface area contributed by atoms with E-state index in [1.807, 2.05) is 13.0 Å². The third-order valence-electron chi connectivity index (χ3n) is 6.79. The van der Waals surface area contributed by atoms with E-state index in [2.05, 4.69) is 43.3 Å². The summed E-state index contributed by atoms with van der Waals surface area (Å²) in [5.41, 5.74) is 6.93. The molecule has 1 aliphatic carbocycles. The summed E-state index contributed by atoms with van der Waals surface area (Å²) < 4.78 is 0. The van der Waals surface area contributed by atoms with Crippen molar-refractivity contribution in [2.75, 3.05) is 38.1 Å². The van der Waals surface area contributed by atoms with E-state index in [1.165, 1.54) is 16.5 Å². The number of aryl methyl sites for hydroxylation is 2. The van der Waals surface area contributed by atoms with Crippen LogP contribution < -0.4 is 15.8 Å². The molecule has 0 atom stereocenters. The lowest BCUT2D eigenvalue weighted by Gasteiger charge is -2.36. The van der Waals surface area contributed by atoms with Crippen LogP contribution in [0, 0.1) is 6.92 Å². The summed E-state index contributed by atoms with van der Waals surface area (Å²) >= 11 is 0. The zero-order valence-corrected chi connectivity index (χ0v) is 18.7. The minimum Gasteiger partial charge on any atom is -0.368 e. The fourth-order valence-electron chi connectivity index (χ4n) is 5.09. The minimum absolute atomic E-state index is 0.0854. The van der Waals surface area contributed by atoms with Crippen molar-refractivity contribution < 1.29 is 4.79 Å². The van der Waals surface area contributed by atoms with Gasteiger partial charge in [0.05, 0.1) is 11.4 Å². The van der Waals surface area contributed by atoms with Gasteiger partial charge in [0.25, 0.3) is 11.5 Å². The highest BCUT2D eigenvalue weighted by Crippen LogP contribution is 2.27. The van der Waals surface area contributed by atoms with Crippen LogP contribution in [0.25, 0.3) is 10.9 Å². The second-order valence-corrected chi connectivity index (χ2v) is 8.79. The van der Waals surface area contributed by atoms with Crippen molar-refractivity contribution in [2.24, 2.45) is 0 Å². The molecule has 32 heavy (non-hydrogen) atoms. The van der Waals surface area contributed by atoms with Crippen molar-refractivity contribution in [3.63, 3.8) is 0 Å². The molecule has 166 valence electrons. The van der Waals surface area contributed by atoms with Crippen molar-refractivity contribution >= 4 is 22.5 Å². The molecule has 1 amide bonds. The lowest BCUT2D eigenvalue weighted by molar-refractivity contribution is 0.0958. The van der Waals surface area contributed by atoms with Crippen LogP contribution in [0.4, 0.5) is 5.69 Å². The first-order valence-electron chi connectivity index (χ1n) is 11.4. The smallest absolute Gasteiger partial charge is 0.269 e. The lowest BCUT2D eigenvalue weighted by Crippen LogP contribution is -2.46. The van der Waals surface area contributed by atoms with Gasteiger partial charge in [-0.3, -0.25) is 14.5 Å². The number of pyridine rings is 2. The van der Waals surface area contributed by atoms with E-state index in [0.717, 1.165) is 74.4 Å². The molecule has 2 N–H and O–H groups in total. The maximum atomic E-state index is 12.4. The molecule has 0 spiro atoms. The fourth-order valence-corrected chi connectivity index (χ4v) is 5.09. The molecular weight excluding hydrogens is 402 g/mol. The van der Waals surface area contributed by atoms with Crippen molar-refractivity contribution in [1.29, 1.82) is 0 Å². The molecule has 1 aromatic carbocycles. The Labute approximate surface area is 187 Å². The van der Waals surface area contributed by atoms with E-state index in [-0.39, 0.29) is 11.5 Å².